The molecule has 0 radical (unpaired) electrons. The summed E-state index contributed by atoms with van der Waals surface area (Å²) in [6, 6.07) is 17.9. The molecule has 4 rings (SSSR count). The fraction of sp³-hybridized carbons (Fsp3) is 0.222. The number of hydrogen-bond donors (Lipinski definition) is 1. The van der Waals surface area contributed by atoms with Crippen LogP contribution in [0.4, 0.5) is 0 Å². The second kappa shape index (κ2) is 6.90. The Labute approximate surface area is 130 Å². The van der Waals surface area contributed by atoms with Crippen LogP contribution < -0.4 is 0 Å². The van der Waals surface area contributed by atoms with Gasteiger partial charge < -0.3 is 5.11 Å². The Balaban J connectivity index is 0.000000210. The van der Waals surface area contributed by atoms with Crippen LogP contribution in [0.3, 0.4) is 0 Å². The van der Waals surface area contributed by atoms with E-state index in [-0.39, 0.29) is 23.2 Å². The van der Waals surface area contributed by atoms with Gasteiger partial charge in [-0.2, -0.15) is 30.3 Å². The SMILES string of the molecule is OC(C1=CC2C=CC1C2)[c-]1cccc1.[Fe].c1cc[cH-]c1. The van der Waals surface area contributed by atoms with Gasteiger partial charge in [-0.15, -0.1) is 5.56 Å². The largest absolute Gasteiger partial charge is 0.396 e. The Morgan fingerprint density at radius 1 is 1.10 bits per heavy atom. The van der Waals surface area contributed by atoms with Crippen molar-refractivity contribution in [3.05, 3.63) is 84.0 Å². The van der Waals surface area contributed by atoms with Gasteiger partial charge in [0.15, 0.2) is 0 Å². The van der Waals surface area contributed by atoms with E-state index in [1.54, 1.807) is 0 Å². The van der Waals surface area contributed by atoms with Crippen LogP contribution in [-0.4, -0.2) is 5.11 Å². The minimum Gasteiger partial charge on any atom is -0.396 e. The van der Waals surface area contributed by atoms with Gasteiger partial charge >= 0.3 is 0 Å². The van der Waals surface area contributed by atoms with Crippen LogP contribution in [0.5, 0.6) is 0 Å². The minimum atomic E-state index is -0.384. The predicted molar refractivity (Wildman–Crippen MR) is 77.8 cm³/mol. The van der Waals surface area contributed by atoms with Crippen LogP contribution >= 0.6 is 0 Å². The second-order valence-corrected chi connectivity index (χ2v) is 5.14. The molecule has 106 valence electrons. The number of aliphatic hydroxyl groups is 1. The molecule has 0 aromatic heterocycles. The van der Waals surface area contributed by atoms with Crippen molar-refractivity contribution in [2.45, 2.75) is 12.5 Å². The summed E-state index contributed by atoms with van der Waals surface area (Å²) in [6.07, 6.45) is 7.48. The van der Waals surface area contributed by atoms with E-state index in [9.17, 15) is 5.11 Å². The molecule has 1 nitrogen and oxygen atoms in total. The summed E-state index contributed by atoms with van der Waals surface area (Å²) in [4.78, 5) is 0. The molecular formula is C18H18FeO-2. The molecule has 2 aliphatic rings. The number of fused-ring (bicyclic) bond motifs is 2. The molecule has 0 saturated heterocycles. The fourth-order valence-electron chi connectivity index (χ4n) is 2.85. The molecule has 2 aliphatic carbocycles. The monoisotopic (exact) mass is 306 g/mol. The molecule has 2 heteroatoms. The zero-order valence-corrected chi connectivity index (χ0v) is 12.3. The molecule has 0 saturated carbocycles. The Morgan fingerprint density at radius 2 is 1.80 bits per heavy atom. The molecule has 0 fully saturated rings. The average Bonchev–Trinajstić information content (AvgIpc) is 3.24. The molecule has 0 spiro atoms. The van der Waals surface area contributed by atoms with Crippen LogP contribution in [0.2, 0.25) is 0 Å². The summed E-state index contributed by atoms with van der Waals surface area (Å²) >= 11 is 0. The van der Waals surface area contributed by atoms with Gasteiger partial charge in [0.05, 0.1) is 6.10 Å². The Kier molecular flexibility index (Phi) is 5.19. The molecule has 2 aromatic carbocycles. The summed E-state index contributed by atoms with van der Waals surface area (Å²) in [5.74, 6) is 1.07. The van der Waals surface area contributed by atoms with Crippen molar-refractivity contribution in [3.63, 3.8) is 0 Å². The van der Waals surface area contributed by atoms with Gasteiger partial charge in [0, 0.05) is 23.0 Å². The molecular weight excluding hydrogens is 288 g/mol. The maximum absolute atomic E-state index is 10.1. The van der Waals surface area contributed by atoms with Crippen LogP contribution in [-0.2, 0) is 17.1 Å². The normalized spacial score (nSPS) is 23.6. The van der Waals surface area contributed by atoms with Gasteiger partial charge in [-0.05, 0) is 17.9 Å². The van der Waals surface area contributed by atoms with E-state index in [1.165, 1.54) is 12.0 Å². The van der Waals surface area contributed by atoms with Crippen molar-refractivity contribution in [1.29, 1.82) is 0 Å². The van der Waals surface area contributed by atoms with Crippen molar-refractivity contribution in [2.75, 3.05) is 0 Å². The summed E-state index contributed by atoms with van der Waals surface area (Å²) in [6.45, 7) is 0. The van der Waals surface area contributed by atoms with Gasteiger partial charge in [-0.25, -0.2) is 24.3 Å². The van der Waals surface area contributed by atoms with Crippen molar-refractivity contribution in [2.24, 2.45) is 11.8 Å². The molecule has 20 heavy (non-hydrogen) atoms. The van der Waals surface area contributed by atoms with Gasteiger partial charge in [-0.1, -0.05) is 18.2 Å². The minimum absolute atomic E-state index is 0. The van der Waals surface area contributed by atoms with E-state index in [2.05, 4.69) is 18.2 Å². The van der Waals surface area contributed by atoms with Crippen LogP contribution in [0, 0.1) is 11.8 Å². The van der Waals surface area contributed by atoms with Crippen molar-refractivity contribution in [3.8, 4) is 0 Å². The van der Waals surface area contributed by atoms with E-state index in [1.807, 2.05) is 54.6 Å². The quantitative estimate of drug-likeness (QED) is 0.505. The van der Waals surface area contributed by atoms with E-state index >= 15 is 0 Å². The Hall–Kier alpha value is -1.34. The maximum atomic E-state index is 10.1. The molecule has 2 aromatic rings. The fourth-order valence-corrected chi connectivity index (χ4v) is 2.85. The number of rotatable bonds is 2. The molecule has 1 N–H and O–H groups in total. The van der Waals surface area contributed by atoms with E-state index in [0.717, 1.165) is 5.56 Å². The smallest absolute Gasteiger partial charge is 0.0567 e. The third-order valence-corrected chi connectivity index (χ3v) is 3.83. The molecule has 2 bridgehead atoms. The zero-order valence-electron chi connectivity index (χ0n) is 11.2. The first-order chi connectivity index (χ1) is 9.34. The third-order valence-electron chi connectivity index (χ3n) is 3.83. The first-order valence-corrected chi connectivity index (χ1v) is 6.81. The molecule has 0 heterocycles. The molecule has 0 amide bonds. The third kappa shape index (κ3) is 3.21. The van der Waals surface area contributed by atoms with Gasteiger partial charge in [0.1, 0.15) is 0 Å². The average molecular weight is 306 g/mol. The summed E-state index contributed by atoms with van der Waals surface area (Å²) in [5, 5.41) is 10.1. The standard InChI is InChI=1S/C13H13O.C5H5.Fe/c14-13(10-3-1-2-4-10)12-8-9-5-6-11(12)7-9;1-2-4-5-3-1;/h1-6,8-9,11,13-14H,7H2;1-5H;/q2*-1;. The number of hydrogen-bond acceptors (Lipinski definition) is 1. The predicted octanol–water partition coefficient (Wildman–Crippen LogP) is 3.97. The van der Waals surface area contributed by atoms with Crippen molar-refractivity contribution >= 4 is 0 Å². The van der Waals surface area contributed by atoms with Gasteiger partial charge in [0.2, 0.25) is 0 Å². The first kappa shape index (κ1) is 15.1. The van der Waals surface area contributed by atoms with Crippen LogP contribution in [0.25, 0.3) is 0 Å². The summed E-state index contributed by atoms with van der Waals surface area (Å²) in [5.41, 5.74) is 2.22. The maximum Gasteiger partial charge on any atom is 0.0567 e. The van der Waals surface area contributed by atoms with E-state index < -0.39 is 0 Å². The van der Waals surface area contributed by atoms with Crippen LogP contribution in [0.1, 0.15) is 18.1 Å². The molecule has 0 aliphatic heterocycles. The topological polar surface area (TPSA) is 20.2 Å². The first-order valence-electron chi connectivity index (χ1n) is 6.81. The second-order valence-electron chi connectivity index (χ2n) is 5.14. The number of allylic oxidation sites excluding steroid dienone is 3. The van der Waals surface area contributed by atoms with E-state index in [0.29, 0.717) is 11.8 Å². The summed E-state index contributed by atoms with van der Waals surface area (Å²) < 4.78 is 0. The zero-order chi connectivity index (χ0) is 13.1. The van der Waals surface area contributed by atoms with Crippen molar-refractivity contribution < 1.29 is 22.2 Å². The van der Waals surface area contributed by atoms with E-state index in [4.69, 9.17) is 0 Å². The van der Waals surface area contributed by atoms with Gasteiger partial charge in [-0.3, -0.25) is 0 Å². The van der Waals surface area contributed by atoms with Crippen LogP contribution in [0.15, 0.2) is 78.4 Å². The molecule has 3 atom stereocenters. The van der Waals surface area contributed by atoms with Gasteiger partial charge in [0.25, 0.3) is 0 Å². The number of aliphatic hydroxyl groups excluding tert-OH is 1. The van der Waals surface area contributed by atoms with Crippen molar-refractivity contribution in [1.82, 2.24) is 0 Å². The summed E-state index contributed by atoms with van der Waals surface area (Å²) in [7, 11) is 0. The Bertz CT molecular complexity index is 531. The Morgan fingerprint density at radius 3 is 2.25 bits per heavy atom. The molecule has 3 unspecified atom stereocenters.